The third kappa shape index (κ3) is 2.48. The highest BCUT2D eigenvalue weighted by Gasteiger charge is 2.12. The van der Waals surface area contributed by atoms with Crippen LogP contribution < -0.4 is 5.32 Å². The molecule has 2 aromatic carbocycles. The Hall–Kier alpha value is -3.34. The molecule has 0 atom stereocenters. The van der Waals surface area contributed by atoms with Crippen molar-refractivity contribution < 1.29 is 4.79 Å². The number of benzene rings is 2. The number of fused-ring (bicyclic) bond motifs is 2. The third-order valence-corrected chi connectivity index (χ3v) is 3.57. The number of nitrogens with one attached hydrogen (secondary N) is 1. The molecule has 0 radical (unpaired) electrons. The van der Waals surface area contributed by atoms with Crippen LogP contribution in [0.1, 0.15) is 10.6 Å². The lowest BCUT2D eigenvalue weighted by molar-refractivity contribution is 0.101. The van der Waals surface area contributed by atoms with Gasteiger partial charge in [0.15, 0.2) is 0 Å². The number of carbonyl (C=O) groups excluding carboxylic acids is 1. The zero-order chi connectivity index (χ0) is 15.6. The highest BCUT2D eigenvalue weighted by Crippen LogP contribution is 2.21. The van der Waals surface area contributed by atoms with E-state index in [9.17, 15) is 4.79 Å². The summed E-state index contributed by atoms with van der Waals surface area (Å²) in [5, 5.41) is 4.70. The minimum atomic E-state index is -0.353. The average Bonchev–Trinajstić information content (AvgIpc) is 2.61. The molecule has 0 saturated heterocycles. The van der Waals surface area contributed by atoms with Crippen LogP contribution >= 0.6 is 0 Å². The average molecular weight is 300 g/mol. The Kier molecular flexibility index (Phi) is 3.16. The number of pyridine rings is 1. The van der Waals surface area contributed by atoms with Crippen molar-refractivity contribution in [2.45, 2.75) is 0 Å². The van der Waals surface area contributed by atoms with Gasteiger partial charge in [-0.1, -0.05) is 36.4 Å². The van der Waals surface area contributed by atoms with Crippen LogP contribution in [0.15, 0.2) is 67.0 Å². The Bertz CT molecular complexity index is 1020. The molecule has 0 fully saturated rings. The van der Waals surface area contributed by atoms with Crippen molar-refractivity contribution in [2.75, 3.05) is 5.32 Å². The largest absolute Gasteiger partial charge is 0.317 e. The van der Waals surface area contributed by atoms with E-state index in [1.165, 1.54) is 0 Å². The molecule has 0 bridgehead atoms. The van der Waals surface area contributed by atoms with Crippen molar-refractivity contribution >= 4 is 33.4 Å². The van der Waals surface area contributed by atoms with Crippen LogP contribution in [0.2, 0.25) is 0 Å². The van der Waals surface area contributed by atoms with Crippen LogP contribution in [0, 0.1) is 0 Å². The minimum absolute atomic E-state index is 0.136. The summed E-state index contributed by atoms with van der Waals surface area (Å²) in [5.41, 5.74) is 2.12. The van der Waals surface area contributed by atoms with Gasteiger partial charge in [-0.25, -0.2) is 9.97 Å². The minimum Gasteiger partial charge on any atom is -0.317 e. The van der Waals surface area contributed by atoms with Gasteiger partial charge in [0.05, 0.1) is 16.7 Å². The Morgan fingerprint density at radius 1 is 0.870 bits per heavy atom. The number of carbonyl (C=O) groups is 1. The zero-order valence-corrected chi connectivity index (χ0v) is 12.1. The smallest absolute Gasteiger partial charge is 0.293 e. The highest BCUT2D eigenvalue weighted by molar-refractivity contribution is 6.06. The molecule has 0 aliphatic heterocycles. The van der Waals surface area contributed by atoms with E-state index >= 15 is 0 Å². The molecule has 2 heterocycles. The third-order valence-electron chi connectivity index (χ3n) is 3.57. The number of nitrogens with zero attached hydrogens (tertiary/aromatic N) is 3. The van der Waals surface area contributed by atoms with E-state index in [0.29, 0.717) is 5.69 Å². The maximum Gasteiger partial charge on any atom is 0.293 e. The summed E-state index contributed by atoms with van der Waals surface area (Å²) in [6.07, 6.45) is 3.35. The molecule has 5 nitrogen and oxygen atoms in total. The molecule has 0 aliphatic carbocycles. The van der Waals surface area contributed by atoms with Crippen LogP contribution in [-0.4, -0.2) is 20.9 Å². The van der Waals surface area contributed by atoms with E-state index in [2.05, 4.69) is 20.3 Å². The van der Waals surface area contributed by atoms with Crippen molar-refractivity contribution in [3.8, 4) is 0 Å². The quantitative estimate of drug-likeness (QED) is 0.616. The predicted molar refractivity (Wildman–Crippen MR) is 89.2 cm³/mol. The molecule has 4 rings (SSSR count). The number of hydrogen-bond donors (Lipinski definition) is 1. The van der Waals surface area contributed by atoms with E-state index in [1.54, 1.807) is 12.4 Å². The molecular weight excluding hydrogens is 288 g/mol. The molecule has 1 amide bonds. The molecule has 0 saturated carbocycles. The van der Waals surface area contributed by atoms with Crippen LogP contribution in [0.5, 0.6) is 0 Å². The normalized spacial score (nSPS) is 10.8. The van der Waals surface area contributed by atoms with E-state index in [4.69, 9.17) is 0 Å². The molecule has 110 valence electrons. The SMILES string of the molecule is O=C(Nc1cccc2cccnc12)c1ncc2ccccc2n1. The molecule has 2 aromatic heterocycles. The van der Waals surface area contributed by atoms with Gasteiger partial charge >= 0.3 is 0 Å². The summed E-state index contributed by atoms with van der Waals surface area (Å²) in [6.45, 7) is 0. The molecular formula is C18H12N4O. The van der Waals surface area contributed by atoms with Gasteiger partial charge < -0.3 is 5.32 Å². The van der Waals surface area contributed by atoms with Gasteiger partial charge in [-0.15, -0.1) is 0 Å². The van der Waals surface area contributed by atoms with Gasteiger partial charge in [-0.3, -0.25) is 9.78 Å². The number of anilines is 1. The van der Waals surface area contributed by atoms with E-state index < -0.39 is 0 Å². The summed E-state index contributed by atoms with van der Waals surface area (Å²) >= 11 is 0. The van der Waals surface area contributed by atoms with Crippen molar-refractivity contribution in [1.82, 2.24) is 15.0 Å². The monoisotopic (exact) mass is 300 g/mol. The molecule has 5 heteroatoms. The number of rotatable bonds is 2. The van der Waals surface area contributed by atoms with Gasteiger partial charge in [0, 0.05) is 23.2 Å². The zero-order valence-electron chi connectivity index (χ0n) is 12.1. The standard InChI is InChI=1S/C18H12N4O/c23-18(17-20-11-13-5-1-2-8-14(13)21-17)22-15-9-3-6-12-7-4-10-19-16(12)15/h1-11H,(H,22,23). The first-order valence-electron chi connectivity index (χ1n) is 7.18. The molecule has 0 spiro atoms. The van der Waals surface area contributed by atoms with E-state index in [0.717, 1.165) is 21.8 Å². The van der Waals surface area contributed by atoms with E-state index in [-0.39, 0.29) is 11.7 Å². The number of aromatic nitrogens is 3. The molecule has 1 N–H and O–H groups in total. The second-order valence-corrected chi connectivity index (χ2v) is 5.09. The predicted octanol–water partition coefficient (Wildman–Crippen LogP) is 3.43. The van der Waals surface area contributed by atoms with Gasteiger partial charge in [-0.2, -0.15) is 0 Å². The van der Waals surface area contributed by atoms with Crippen molar-refractivity contribution in [3.63, 3.8) is 0 Å². The second-order valence-electron chi connectivity index (χ2n) is 5.09. The van der Waals surface area contributed by atoms with Crippen molar-refractivity contribution in [1.29, 1.82) is 0 Å². The Labute approximate surface area is 132 Å². The fraction of sp³-hybridized carbons (Fsp3) is 0. The maximum atomic E-state index is 12.4. The fourth-order valence-electron chi connectivity index (χ4n) is 2.46. The Morgan fingerprint density at radius 2 is 1.70 bits per heavy atom. The summed E-state index contributed by atoms with van der Waals surface area (Å²) in [6, 6.07) is 17.0. The van der Waals surface area contributed by atoms with Gasteiger partial charge in [-0.05, 0) is 18.2 Å². The summed E-state index contributed by atoms with van der Waals surface area (Å²) in [5.74, 6) is -0.217. The van der Waals surface area contributed by atoms with E-state index in [1.807, 2.05) is 54.6 Å². The lowest BCUT2D eigenvalue weighted by Gasteiger charge is -2.07. The second kappa shape index (κ2) is 5.46. The molecule has 4 aromatic rings. The first kappa shape index (κ1) is 13.3. The topological polar surface area (TPSA) is 67.8 Å². The Balaban J connectivity index is 1.70. The van der Waals surface area contributed by atoms with Crippen molar-refractivity contribution in [2.24, 2.45) is 0 Å². The summed E-state index contributed by atoms with van der Waals surface area (Å²) in [4.78, 5) is 25.2. The summed E-state index contributed by atoms with van der Waals surface area (Å²) < 4.78 is 0. The first-order valence-corrected chi connectivity index (χ1v) is 7.18. The van der Waals surface area contributed by atoms with Crippen LogP contribution in [-0.2, 0) is 0 Å². The molecule has 23 heavy (non-hydrogen) atoms. The molecule has 0 aliphatic rings. The van der Waals surface area contributed by atoms with Crippen LogP contribution in [0.4, 0.5) is 5.69 Å². The number of hydrogen-bond acceptors (Lipinski definition) is 4. The fourth-order valence-corrected chi connectivity index (χ4v) is 2.46. The van der Waals surface area contributed by atoms with Crippen LogP contribution in [0.25, 0.3) is 21.8 Å². The molecule has 0 unspecified atom stereocenters. The van der Waals surface area contributed by atoms with Gasteiger partial charge in [0.25, 0.3) is 5.91 Å². The van der Waals surface area contributed by atoms with Gasteiger partial charge in [0.2, 0.25) is 5.82 Å². The maximum absolute atomic E-state index is 12.4. The number of amides is 1. The van der Waals surface area contributed by atoms with Crippen LogP contribution in [0.3, 0.4) is 0 Å². The lowest BCUT2D eigenvalue weighted by Crippen LogP contribution is -2.16. The highest BCUT2D eigenvalue weighted by atomic mass is 16.2. The first-order chi connectivity index (χ1) is 11.3. The van der Waals surface area contributed by atoms with Crippen molar-refractivity contribution in [3.05, 3.63) is 72.8 Å². The van der Waals surface area contributed by atoms with Gasteiger partial charge in [0.1, 0.15) is 0 Å². The lowest BCUT2D eigenvalue weighted by atomic mass is 10.2. The summed E-state index contributed by atoms with van der Waals surface area (Å²) in [7, 11) is 0. The Morgan fingerprint density at radius 3 is 2.65 bits per heavy atom. The number of para-hydroxylation sites is 2.